The van der Waals surface area contributed by atoms with Crippen molar-refractivity contribution >= 4 is 5.91 Å². The maximum atomic E-state index is 12.1. The van der Waals surface area contributed by atoms with E-state index in [1.54, 1.807) is 0 Å². The zero-order valence-electron chi connectivity index (χ0n) is 11.0. The van der Waals surface area contributed by atoms with Gasteiger partial charge in [-0.2, -0.15) is 0 Å². The van der Waals surface area contributed by atoms with Crippen LogP contribution in [0.2, 0.25) is 0 Å². The third-order valence-electron chi connectivity index (χ3n) is 3.93. The SMILES string of the molecule is O=C(NC[C@H]1CCCO1)[C@@H]1Cc2ccccc2CN1. The average Bonchev–Trinajstić information content (AvgIpc) is 2.97. The number of nitrogens with one attached hydrogen (secondary N) is 2. The monoisotopic (exact) mass is 260 g/mol. The highest BCUT2D eigenvalue weighted by Crippen LogP contribution is 2.16. The first-order valence-electron chi connectivity index (χ1n) is 7.02. The number of rotatable bonds is 3. The zero-order chi connectivity index (χ0) is 13.1. The van der Waals surface area contributed by atoms with E-state index in [4.69, 9.17) is 4.74 Å². The van der Waals surface area contributed by atoms with Gasteiger partial charge in [-0.15, -0.1) is 0 Å². The van der Waals surface area contributed by atoms with Gasteiger partial charge in [0.25, 0.3) is 0 Å². The summed E-state index contributed by atoms with van der Waals surface area (Å²) in [6.07, 6.45) is 3.14. The lowest BCUT2D eigenvalue weighted by molar-refractivity contribution is -0.123. The second-order valence-electron chi connectivity index (χ2n) is 5.29. The van der Waals surface area contributed by atoms with Crippen molar-refractivity contribution < 1.29 is 9.53 Å². The van der Waals surface area contributed by atoms with Crippen LogP contribution < -0.4 is 10.6 Å². The molecule has 4 heteroatoms. The van der Waals surface area contributed by atoms with Crippen LogP contribution in [0.4, 0.5) is 0 Å². The van der Waals surface area contributed by atoms with Crippen molar-refractivity contribution in [2.75, 3.05) is 13.2 Å². The molecule has 2 heterocycles. The van der Waals surface area contributed by atoms with E-state index in [1.807, 2.05) is 12.1 Å². The van der Waals surface area contributed by atoms with Crippen LogP contribution in [-0.2, 0) is 22.5 Å². The lowest BCUT2D eigenvalue weighted by Gasteiger charge is -2.25. The van der Waals surface area contributed by atoms with Crippen molar-refractivity contribution in [2.45, 2.75) is 38.0 Å². The van der Waals surface area contributed by atoms with Crippen molar-refractivity contribution in [1.29, 1.82) is 0 Å². The molecular weight excluding hydrogens is 240 g/mol. The second-order valence-corrected chi connectivity index (χ2v) is 5.29. The Morgan fingerprint density at radius 3 is 3.00 bits per heavy atom. The smallest absolute Gasteiger partial charge is 0.237 e. The zero-order valence-corrected chi connectivity index (χ0v) is 11.0. The molecule has 0 aromatic heterocycles. The summed E-state index contributed by atoms with van der Waals surface area (Å²) >= 11 is 0. The molecule has 102 valence electrons. The summed E-state index contributed by atoms with van der Waals surface area (Å²) in [5, 5.41) is 6.30. The molecular formula is C15H20N2O2. The molecule has 0 unspecified atom stereocenters. The van der Waals surface area contributed by atoms with E-state index in [1.165, 1.54) is 11.1 Å². The van der Waals surface area contributed by atoms with Crippen LogP contribution in [0.5, 0.6) is 0 Å². The van der Waals surface area contributed by atoms with E-state index < -0.39 is 0 Å². The van der Waals surface area contributed by atoms with Crippen LogP contribution in [0.1, 0.15) is 24.0 Å². The number of carbonyl (C=O) groups excluding carboxylic acids is 1. The highest BCUT2D eigenvalue weighted by molar-refractivity contribution is 5.82. The largest absolute Gasteiger partial charge is 0.376 e. The van der Waals surface area contributed by atoms with E-state index in [-0.39, 0.29) is 18.1 Å². The van der Waals surface area contributed by atoms with Crippen molar-refractivity contribution in [3.63, 3.8) is 0 Å². The Morgan fingerprint density at radius 2 is 2.21 bits per heavy atom. The van der Waals surface area contributed by atoms with Gasteiger partial charge in [-0.1, -0.05) is 24.3 Å². The Labute approximate surface area is 113 Å². The van der Waals surface area contributed by atoms with E-state index in [9.17, 15) is 4.79 Å². The van der Waals surface area contributed by atoms with Gasteiger partial charge >= 0.3 is 0 Å². The van der Waals surface area contributed by atoms with Gasteiger partial charge in [-0.05, 0) is 30.4 Å². The van der Waals surface area contributed by atoms with E-state index >= 15 is 0 Å². The molecule has 3 rings (SSSR count). The highest BCUT2D eigenvalue weighted by atomic mass is 16.5. The van der Waals surface area contributed by atoms with Crippen molar-refractivity contribution in [3.8, 4) is 0 Å². The topological polar surface area (TPSA) is 50.4 Å². The van der Waals surface area contributed by atoms with Crippen LogP contribution in [-0.4, -0.2) is 31.2 Å². The normalized spacial score (nSPS) is 25.9. The van der Waals surface area contributed by atoms with E-state index in [2.05, 4.69) is 22.8 Å². The molecule has 0 bridgehead atoms. The van der Waals surface area contributed by atoms with Gasteiger partial charge < -0.3 is 15.4 Å². The first-order valence-corrected chi connectivity index (χ1v) is 7.02. The van der Waals surface area contributed by atoms with Crippen molar-refractivity contribution in [1.82, 2.24) is 10.6 Å². The molecule has 0 radical (unpaired) electrons. The predicted molar refractivity (Wildman–Crippen MR) is 72.8 cm³/mol. The fraction of sp³-hybridized carbons (Fsp3) is 0.533. The minimum absolute atomic E-state index is 0.0880. The van der Waals surface area contributed by atoms with Gasteiger partial charge in [0.15, 0.2) is 0 Å². The number of benzene rings is 1. The molecule has 4 nitrogen and oxygen atoms in total. The Kier molecular flexibility index (Phi) is 3.80. The summed E-state index contributed by atoms with van der Waals surface area (Å²) in [6, 6.07) is 8.18. The molecule has 1 aromatic rings. The second kappa shape index (κ2) is 5.72. The number of ether oxygens (including phenoxy) is 1. The van der Waals surface area contributed by atoms with Crippen molar-refractivity contribution in [3.05, 3.63) is 35.4 Å². The summed E-state index contributed by atoms with van der Waals surface area (Å²) in [7, 11) is 0. The number of carbonyl (C=O) groups is 1. The Balaban J connectivity index is 1.54. The summed E-state index contributed by atoms with van der Waals surface area (Å²) in [5.41, 5.74) is 2.57. The van der Waals surface area contributed by atoms with Gasteiger partial charge in [-0.3, -0.25) is 4.79 Å². The number of hydrogen-bond acceptors (Lipinski definition) is 3. The lowest BCUT2D eigenvalue weighted by Crippen LogP contribution is -2.49. The minimum Gasteiger partial charge on any atom is -0.376 e. The first kappa shape index (κ1) is 12.6. The van der Waals surface area contributed by atoms with E-state index in [0.29, 0.717) is 6.54 Å². The summed E-state index contributed by atoms with van der Waals surface area (Å²) < 4.78 is 5.51. The van der Waals surface area contributed by atoms with Crippen molar-refractivity contribution in [2.24, 2.45) is 0 Å². The van der Waals surface area contributed by atoms with Crippen LogP contribution >= 0.6 is 0 Å². The maximum absolute atomic E-state index is 12.1. The standard InChI is InChI=1S/C15H20N2O2/c18-15(17-10-13-6-3-7-19-13)14-8-11-4-1-2-5-12(11)9-16-14/h1-2,4-5,13-14,16H,3,6-10H2,(H,17,18)/t13-,14+/m1/s1. The first-order chi connectivity index (χ1) is 9.33. The van der Waals surface area contributed by atoms with E-state index in [0.717, 1.165) is 32.4 Å². The third kappa shape index (κ3) is 2.96. The van der Waals surface area contributed by atoms with Gasteiger partial charge in [0, 0.05) is 19.7 Å². The van der Waals surface area contributed by atoms with Crippen LogP contribution in [0.3, 0.4) is 0 Å². The fourth-order valence-corrected chi connectivity index (χ4v) is 2.78. The quantitative estimate of drug-likeness (QED) is 0.852. The van der Waals surface area contributed by atoms with Gasteiger partial charge in [0.1, 0.15) is 0 Å². The number of amides is 1. The van der Waals surface area contributed by atoms with Gasteiger partial charge in [0.05, 0.1) is 12.1 Å². The molecule has 2 N–H and O–H groups in total. The molecule has 2 atom stereocenters. The third-order valence-corrected chi connectivity index (χ3v) is 3.93. The molecule has 1 amide bonds. The Morgan fingerprint density at radius 1 is 1.37 bits per heavy atom. The molecule has 2 aliphatic rings. The lowest BCUT2D eigenvalue weighted by atomic mass is 9.95. The fourth-order valence-electron chi connectivity index (χ4n) is 2.78. The molecule has 1 saturated heterocycles. The maximum Gasteiger partial charge on any atom is 0.237 e. The highest BCUT2D eigenvalue weighted by Gasteiger charge is 2.24. The molecule has 0 saturated carbocycles. The molecule has 19 heavy (non-hydrogen) atoms. The van der Waals surface area contributed by atoms with Crippen LogP contribution in [0.25, 0.3) is 0 Å². The molecule has 0 spiro atoms. The molecule has 2 aliphatic heterocycles. The average molecular weight is 260 g/mol. The molecule has 1 fully saturated rings. The Bertz CT molecular complexity index is 455. The minimum atomic E-state index is -0.115. The molecule has 0 aliphatic carbocycles. The van der Waals surface area contributed by atoms with Crippen LogP contribution in [0.15, 0.2) is 24.3 Å². The summed E-state index contributed by atoms with van der Waals surface area (Å²) in [6.45, 7) is 2.24. The Hall–Kier alpha value is -1.39. The number of fused-ring (bicyclic) bond motifs is 1. The molecule has 1 aromatic carbocycles. The predicted octanol–water partition coefficient (Wildman–Crippen LogP) is 0.996. The number of hydrogen-bond donors (Lipinski definition) is 2. The summed E-state index contributed by atoms with van der Waals surface area (Å²) in [4.78, 5) is 12.1. The van der Waals surface area contributed by atoms with Gasteiger partial charge in [0.2, 0.25) is 5.91 Å². The van der Waals surface area contributed by atoms with Crippen LogP contribution in [0, 0.1) is 0 Å². The summed E-state index contributed by atoms with van der Waals surface area (Å²) in [5.74, 6) is 0.0880. The van der Waals surface area contributed by atoms with Gasteiger partial charge in [-0.25, -0.2) is 0 Å².